The molecule has 0 fully saturated rings. The molecule has 2 heterocycles. The molecule has 0 unspecified atom stereocenters. The van der Waals surface area contributed by atoms with E-state index in [4.69, 9.17) is 9.73 Å². The highest BCUT2D eigenvalue weighted by atomic mass is 16.5. The third-order valence-electron chi connectivity index (χ3n) is 1.55. The van der Waals surface area contributed by atoms with E-state index in [2.05, 4.69) is 20.3 Å². The molecule has 6 heteroatoms. The molecule has 0 aliphatic rings. The van der Waals surface area contributed by atoms with E-state index in [9.17, 15) is 0 Å². The van der Waals surface area contributed by atoms with Crippen LogP contribution in [0.4, 0.5) is 0 Å². The SMILES string of the molecule is O/N=C/c1nc(-c2ccncc2)no1. The molecule has 0 saturated heterocycles. The van der Waals surface area contributed by atoms with E-state index in [0.717, 1.165) is 11.8 Å². The van der Waals surface area contributed by atoms with Crippen molar-refractivity contribution in [2.45, 2.75) is 0 Å². The van der Waals surface area contributed by atoms with Gasteiger partial charge in [0.2, 0.25) is 5.82 Å². The lowest BCUT2D eigenvalue weighted by molar-refractivity contribution is 0.319. The Morgan fingerprint density at radius 1 is 1.36 bits per heavy atom. The van der Waals surface area contributed by atoms with E-state index in [1.807, 2.05) is 0 Å². The average molecular weight is 190 g/mol. The van der Waals surface area contributed by atoms with E-state index in [1.165, 1.54) is 0 Å². The predicted molar refractivity (Wildman–Crippen MR) is 46.9 cm³/mol. The maximum Gasteiger partial charge on any atom is 0.272 e. The zero-order valence-electron chi connectivity index (χ0n) is 7.03. The summed E-state index contributed by atoms with van der Waals surface area (Å²) >= 11 is 0. The molecule has 0 atom stereocenters. The van der Waals surface area contributed by atoms with Gasteiger partial charge in [0.05, 0.1) is 0 Å². The molecule has 2 aromatic rings. The number of pyridine rings is 1. The third kappa shape index (κ3) is 1.58. The Labute approximate surface area is 78.9 Å². The van der Waals surface area contributed by atoms with Crippen LogP contribution in [0.3, 0.4) is 0 Å². The summed E-state index contributed by atoms with van der Waals surface area (Å²) in [6.45, 7) is 0. The van der Waals surface area contributed by atoms with Crippen LogP contribution in [0, 0.1) is 0 Å². The van der Waals surface area contributed by atoms with E-state index in [-0.39, 0.29) is 5.89 Å². The second-order valence-electron chi connectivity index (χ2n) is 2.44. The lowest BCUT2D eigenvalue weighted by Gasteiger charge is -1.89. The Kier molecular flexibility index (Phi) is 2.18. The summed E-state index contributed by atoms with van der Waals surface area (Å²) in [5, 5.41) is 14.7. The number of aromatic nitrogens is 3. The number of rotatable bonds is 2. The maximum atomic E-state index is 8.23. The first-order valence-electron chi connectivity index (χ1n) is 3.81. The monoisotopic (exact) mass is 190 g/mol. The number of hydrogen-bond acceptors (Lipinski definition) is 6. The molecule has 0 spiro atoms. The maximum absolute atomic E-state index is 8.23. The van der Waals surface area contributed by atoms with Crippen molar-refractivity contribution in [1.29, 1.82) is 0 Å². The van der Waals surface area contributed by atoms with Gasteiger partial charge in [-0.2, -0.15) is 4.98 Å². The predicted octanol–water partition coefficient (Wildman–Crippen LogP) is 0.940. The zero-order valence-corrected chi connectivity index (χ0v) is 7.03. The molecule has 0 radical (unpaired) electrons. The first-order chi connectivity index (χ1) is 6.90. The van der Waals surface area contributed by atoms with Crippen LogP contribution in [-0.2, 0) is 0 Å². The summed E-state index contributed by atoms with van der Waals surface area (Å²) in [6, 6.07) is 3.51. The normalized spacial score (nSPS) is 10.9. The molecule has 0 bridgehead atoms. The van der Waals surface area contributed by atoms with Crippen LogP contribution in [0.25, 0.3) is 11.4 Å². The second-order valence-corrected chi connectivity index (χ2v) is 2.44. The molecule has 0 aliphatic carbocycles. The molecule has 1 N–H and O–H groups in total. The number of hydrogen-bond donors (Lipinski definition) is 1. The summed E-state index contributed by atoms with van der Waals surface area (Å²) < 4.78 is 4.77. The van der Waals surface area contributed by atoms with Crippen LogP contribution in [0.2, 0.25) is 0 Å². The highest BCUT2D eigenvalue weighted by Gasteiger charge is 2.05. The van der Waals surface area contributed by atoms with Crippen LogP contribution in [-0.4, -0.2) is 26.5 Å². The van der Waals surface area contributed by atoms with Gasteiger partial charge in [-0.25, -0.2) is 0 Å². The van der Waals surface area contributed by atoms with Crippen molar-refractivity contribution < 1.29 is 9.73 Å². The largest absolute Gasteiger partial charge is 0.411 e. The summed E-state index contributed by atoms with van der Waals surface area (Å²) in [5.74, 6) is 0.585. The third-order valence-corrected chi connectivity index (χ3v) is 1.55. The van der Waals surface area contributed by atoms with Gasteiger partial charge in [0.15, 0.2) is 0 Å². The Balaban J connectivity index is 2.34. The van der Waals surface area contributed by atoms with Gasteiger partial charge >= 0.3 is 0 Å². The molecule has 14 heavy (non-hydrogen) atoms. The highest BCUT2D eigenvalue weighted by Crippen LogP contribution is 2.12. The summed E-state index contributed by atoms with van der Waals surface area (Å²) in [5.41, 5.74) is 0.793. The van der Waals surface area contributed by atoms with Crippen LogP contribution in [0.1, 0.15) is 5.89 Å². The molecular weight excluding hydrogens is 184 g/mol. The summed E-state index contributed by atoms with van der Waals surface area (Å²) in [6.07, 6.45) is 4.33. The zero-order chi connectivity index (χ0) is 9.80. The van der Waals surface area contributed by atoms with Crippen molar-refractivity contribution in [3.8, 4) is 11.4 Å². The Bertz CT molecular complexity index is 438. The van der Waals surface area contributed by atoms with Crippen LogP contribution >= 0.6 is 0 Å². The molecule has 6 nitrogen and oxygen atoms in total. The van der Waals surface area contributed by atoms with Gasteiger partial charge in [0, 0.05) is 18.0 Å². The molecule has 0 aliphatic heterocycles. The molecule has 70 valence electrons. The fourth-order valence-electron chi connectivity index (χ4n) is 0.955. The molecule has 0 amide bonds. The van der Waals surface area contributed by atoms with Crippen molar-refractivity contribution in [1.82, 2.24) is 15.1 Å². The molecule has 2 rings (SSSR count). The highest BCUT2D eigenvalue weighted by molar-refractivity contribution is 5.73. The van der Waals surface area contributed by atoms with E-state index >= 15 is 0 Å². The Hall–Kier alpha value is -2.24. The summed E-state index contributed by atoms with van der Waals surface area (Å²) in [7, 11) is 0. The van der Waals surface area contributed by atoms with Crippen LogP contribution < -0.4 is 0 Å². The van der Waals surface area contributed by atoms with Gasteiger partial charge in [0.1, 0.15) is 6.21 Å². The van der Waals surface area contributed by atoms with Gasteiger partial charge in [-0.15, -0.1) is 0 Å². The lowest BCUT2D eigenvalue weighted by atomic mass is 10.2. The van der Waals surface area contributed by atoms with Crippen molar-refractivity contribution in [2.24, 2.45) is 5.16 Å². The molecular formula is C8H6N4O2. The van der Waals surface area contributed by atoms with E-state index in [1.54, 1.807) is 24.5 Å². The van der Waals surface area contributed by atoms with Crippen LogP contribution in [0.15, 0.2) is 34.2 Å². The van der Waals surface area contributed by atoms with Crippen molar-refractivity contribution in [2.75, 3.05) is 0 Å². The lowest BCUT2D eigenvalue weighted by Crippen LogP contribution is -1.82. The van der Waals surface area contributed by atoms with Crippen molar-refractivity contribution in [3.05, 3.63) is 30.4 Å². The Morgan fingerprint density at radius 2 is 2.14 bits per heavy atom. The van der Waals surface area contributed by atoms with Crippen molar-refractivity contribution >= 4 is 6.21 Å². The smallest absolute Gasteiger partial charge is 0.272 e. The molecule has 0 saturated carbocycles. The topological polar surface area (TPSA) is 84.4 Å². The van der Waals surface area contributed by atoms with Gasteiger partial charge in [-0.1, -0.05) is 10.3 Å². The summed E-state index contributed by atoms with van der Waals surface area (Å²) in [4.78, 5) is 7.82. The minimum absolute atomic E-state index is 0.152. The first kappa shape index (κ1) is 8.36. The van der Waals surface area contributed by atoms with Gasteiger partial charge in [-0.05, 0) is 12.1 Å². The second kappa shape index (κ2) is 3.65. The number of oxime groups is 1. The van der Waals surface area contributed by atoms with Gasteiger partial charge in [-0.3, -0.25) is 4.98 Å². The minimum Gasteiger partial charge on any atom is -0.411 e. The molecule has 2 aromatic heterocycles. The van der Waals surface area contributed by atoms with E-state index < -0.39 is 0 Å². The van der Waals surface area contributed by atoms with Crippen LogP contribution in [0.5, 0.6) is 0 Å². The van der Waals surface area contributed by atoms with E-state index in [0.29, 0.717) is 5.82 Å². The molecule has 0 aromatic carbocycles. The first-order valence-corrected chi connectivity index (χ1v) is 3.81. The van der Waals surface area contributed by atoms with Crippen molar-refractivity contribution in [3.63, 3.8) is 0 Å². The minimum atomic E-state index is 0.152. The quantitative estimate of drug-likeness (QED) is 0.432. The Morgan fingerprint density at radius 3 is 2.86 bits per heavy atom. The number of nitrogens with zero attached hydrogens (tertiary/aromatic N) is 4. The fraction of sp³-hybridized carbons (Fsp3) is 0. The standard InChI is InChI=1S/C8H6N4O2/c13-10-5-7-11-8(12-14-7)6-1-3-9-4-2-6/h1-5,13H/b10-5+. The van der Waals surface area contributed by atoms with Gasteiger partial charge in [0.25, 0.3) is 5.89 Å². The average Bonchev–Trinajstić information content (AvgIpc) is 2.68. The fourth-order valence-corrected chi connectivity index (χ4v) is 0.955. The van der Waals surface area contributed by atoms with Gasteiger partial charge < -0.3 is 9.73 Å².